The van der Waals surface area contributed by atoms with E-state index in [9.17, 15) is 0 Å². The summed E-state index contributed by atoms with van der Waals surface area (Å²) in [5, 5.41) is 0.724. The fourth-order valence-corrected chi connectivity index (χ4v) is 1.80. The van der Waals surface area contributed by atoms with Crippen LogP contribution in [-0.2, 0) is 6.42 Å². The Balaban J connectivity index is 2.31. The van der Waals surface area contributed by atoms with Gasteiger partial charge >= 0.3 is 0 Å². The van der Waals surface area contributed by atoms with E-state index in [1.165, 1.54) is 0 Å². The zero-order chi connectivity index (χ0) is 11.4. The molecule has 0 saturated heterocycles. The van der Waals surface area contributed by atoms with Gasteiger partial charge in [0, 0.05) is 16.8 Å². The topological polar surface area (TPSA) is 38.9 Å². The van der Waals surface area contributed by atoms with Gasteiger partial charge in [-0.15, -0.1) is 0 Å². The van der Waals surface area contributed by atoms with Crippen LogP contribution in [-0.4, -0.2) is 11.5 Å². The molecule has 0 amide bonds. The van der Waals surface area contributed by atoms with Gasteiger partial charge in [-0.3, -0.25) is 4.98 Å². The van der Waals surface area contributed by atoms with Crippen molar-refractivity contribution < 1.29 is 0 Å². The second-order valence-electron chi connectivity index (χ2n) is 3.57. The van der Waals surface area contributed by atoms with Crippen LogP contribution in [0.3, 0.4) is 0 Å². The molecule has 0 fully saturated rings. The minimum Gasteiger partial charge on any atom is -0.330 e. The van der Waals surface area contributed by atoms with Gasteiger partial charge in [0.2, 0.25) is 0 Å². The van der Waals surface area contributed by atoms with Gasteiger partial charge in [0.25, 0.3) is 0 Å². The summed E-state index contributed by atoms with van der Waals surface area (Å²) in [6.07, 6.45) is 2.71. The third-order valence-electron chi connectivity index (χ3n) is 2.41. The summed E-state index contributed by atoms with van der Waals surface area (Å²) in [4.78, 5) is 4.39. The lowest BCUT2D eigenvalue weighted by atomic mass is 10.1. The zero-order valence-corrected chi connectivity index (χ0v) is 9.61. The Labute approximate surface area is 100 Å². The molecule has 1 aromatic carbocycles. The number of aromatic nitrogens is 1. The average Bonchev–Trinajstić information content (AvgIpc) is 2.31. The number of pyridine rings is 1. The van der Waals surface area contributed by atoms with Crippen LogP contribution in [0.2, 0.25) is 5.02 Å². The maximum atomic E-state index is 6.10. The molecule has 3 heteroatoms. The Morgan fingerprint density at radius 3 is 2.56 bits per heavy atom. The largest absolute Gasteiger partial charge is 0.330 e. The van der Waals surface area contributed by atoms with E-state index >= 15 is 0 Å². The van der Waals surface area contributed by atoms with Crippen LogP contribution >= 0.6 is 11.6 Å². The van der Waals surface area contributed by atoms with Gasteiger partial charge in [0.05, 0.1) is 5.69 Å². The summed E-state index contributed by atoms with van der Waals surface area (Å²) in [7, 11) is 0. The highest BCUT2D eigenvalue weighted by atomic mass is 35.5. The molecule has 0 bridgehead atoms. The van der Waals surface area contributed by atoms with Crippen molar-refractivity contribution in [2.45, 2.75) is 6.42 Å². The normalized spacial score (nSPS) is 10.4. The molecule has 0 saturated carbocycles. The van der Waals surface area contributed by atoms with Crippen molar-refractivity contribution >= 4 is 11.6 Å². The van der Waals surface area contributed by atoms with Crippen molar-refractivity contribution in [3.8, 4) is 11.3 Å². The Kier molecular flexibility index (Phi) is 3.54. The Bertz CT molecular complexity index is 466. The van der Waals surface area contributed by atoms with Gasteiger partial charge in [-0.25, -0.2) is 0 Å². The van der Waals surface area contributed by atoms with Crippen LogP contribution < -0.4 is 5.73 Å². The molecule has 2 N–H and O–H groups in total. The van der Waals surface area contributed by atoms with Crippen molar-refractivity contribution in [2.75, 3.05) is 6.54 Å². The van der Waals surface area contributed by atoms with E-state index in [1.54, 1.807) is 0 Å². The van der Waals surface area contributed by atoms with E-state index in [1.807, 2.05) is 42.6 Å². The third kappa shape index (κ3) is 2.40. The molecule has 0 aliphatic carbocycles. The van der Waals surface area contributed by atoms with Gasteiger partial charge < -0.3 is 5.73 Å². The molecule has 16 heavy (non-hydrogen) atoms. The molecule has 2 nitrogen and oxygen atoms in total. The van der Waals surface area contributed by atoms with Crippen LogP contribution in [0.5, 0.6) is 0 Å². The first kappa shape index (κ1) is 11.1. The van der Waals surface area contributed by atoms with Crippen LogP contribution in [0, 0.1) is 0 Å². The summed E-state index contributed by atoms with van der Waals surface area (Å²) in [6, 6.07) is 11.7. The molecule has 0 atom stereocenters. The van der Waals surface area contributed by atoms with Crippen molar-refractivity contribution in [3.05, 3.63) is 53.2 Å². The SMILES string of the molecule is NCCc1ccc(-c2ccccc2Cl)nc1. The second kappa shape index (κ2) is 5.10. The summed E-state index contributed by atoms with van der Waals surface area (Å²) in [5.74, 6) is 0. The molecule has 0 unspecified atom stereocenters. The number of halogens is 1. The fourth-order valence-electron chi connectivity index (χ4n) is 1.57. The molecule has 1 heterocycles. The quantitative estimate of drug-likeness (QED) is 0.884. The second-order valence-corrected chi connectivity index (χ2v) is 3.98. The van der Waals surface area contributed by atoms with E-state index in [0.29, 0.717) is 6.54 Å². The van der Waals surface area contributed by atoms with Gasteiger partial charge in [0.1, 0.15) is 0 Å². The van der Waals surface area contributed by atoms with E-state index in [2.05, 4.69) is 4.98 Å². The highest BCUT2D eigenvalue weighted by Crippen LogP contribution is 2.25. The predicted molar refractivity (Wildman–Crippen MR) is 67.4 cm³/mol. The molecule has 1 aromatic heterocycles. The Morgan fingerprint density at radius 1 is 1.12 bits per heavy atom. The maximum absolute atomic E-state index is 6.10. The number of nitrogens with zero attached hydrogens (tertiary/aromatic N) is 1. The molecule has 0 spiro atoms. The minimum atomic E-state index is 0.646. The maximum Gasteiger partial charge on any atom is 0.0717 e. The molecule has 0 radical (unpaired) electrons. The van der Waals surface area contributed by atoms with Crippen molar-refractivity contribution in [2.24, 2.45) is 5.73 Å². The molecular weight excluding hydrogens is 220 g/mol. The number of hydrogen-bond acceptors (Lipinski definition) is 2. The van der Waals surface area contributed by atoms with Gasteiger partial charge in [-0.1, -0.05) is 35.9 Å². The first-order valence-electron chi connectivity index (χ1n) is 5.21. The highest BCUT2D eigenvalue weighted by Gasteiger charge is 2.03. The van der Waals surface area contributed by atoms with Gasteiger partial charge in [-0.2, -0.15) is 0 Å². The van der Waals surface area contributed by atoms with E-state index in [-0.39, 0.29) is 0 Å². The van der Waals surface area contributed by atoms with Crippen molar-refractivity contribution in [1.82, 2.24) is 4.98 Å². The monoisotopic (exact) mass is 232 g/mol. The Morgan fingerprint density at radius 2 is 1.94 bits per heavy atom. The smallest absolute Gasteiger partial charge is 0.0717 e. The van der Waals surface area contributed by atoms with Crippen LogP contribution in [0.15, 0.2) is 42.6 Å². The van der Waals surface area contributed by atoms with Gasteiger partial charge in [-0.05, 0) is 30.7 Å². The molecular formula is C13H13ClN2. The summed E-state index contributed by atoms with van der Waals surface area (Å²) < 4.78 is 0. The number of benzene rings is 1. The van der Waals surface area contributed by atoms with E-state index in [4.69, 9.17) is 17.3 Å². The number of rotatable bonds is 3. The Hall–Kier alpha value is -1.38. The number of nitrogens with two attached hydrogens (primary N) is 1. The fraction of sp³-hybridized carbons (Fsp3) is 0.154. The van der Waals surface area contributed by atoms with E-state index in [0.717, 1.165) is 28.3 Å². The lowest BCUT2D eigenvalue weighted by Gasteiger charge is -2.04. The molecule has 0 aliphatic rings. The molecule has 2 aromatic rings. The third-order valence-corrected chi connectivity index (χ3v) is 2.74. The van der Waals surface area contributed by atoms with Crippen LogP contribution in [0.4, 0.5) is 0 Å². The lowest BCUT2D eigenvalue weighted by molar-refractivity contribution is 0.959. The first-order valence-corrected chi connectivity index (χ1v) is 5.59. The number of hydrogen-bond donors (Lipinski definition) is 1. The van der Waals surface area contributed by atoms with E-state index < -0.39 is 0 Å². The first-order chi connectivity index (χ1) is 7.81. The minimum absolute atomic E-state index is 0.646. The predicted octanol–water partition coefficient (Wildman–Crippen LogP) is 2.90. The summed E-state index contributed by atoms with van der Waals surface area (Å²) >= 11 is 6.10. The lowest BCUT2D eigenvalue weighted by Crippen LogP contribution is -2.02. The summed E-state index contributed by atoms with van der Waals surface area (Å²) in [6.45, 7) is 0.646. The van der Waals surface area contributed by atoms with Gasteiger partial charge in [0.15, 0.2) is 0 Å². The molecule has 0 aliphatic heterocycles. The van der Waals surface area contributed by atoms with Crippen LogP contribution in [0.25, 0.3) is 11.3 Å². The average molecular weight is 233 g/mol. The molecule has 82 valence electrons. The molecule has 2 rings (SSSR count). The standard InChI is InChI=1S/C13H13ClN2/c14-12-4-2-1-3-11(12)13-6-5-10(7-8-15)9-16-13/h1-6,9H,7-8,15H2. The van der Waals surface area contributed by atoms with Crippen LogP contribution in [0.1, 0.15) is 5.56 Å². The van der Waals surface area contributed by atoms with Crippen molar-refractivity contribution in [3.63, 3.8) is 0 Å². The zero-order valence-electron chi connectivity index (χ0n) is 8.86. The summed E-state index contributed by atoms with van der Waals surface area (Å²) in [5.41, 5.74) is 8.49. The highest BCUT2D eigenvalue weighted by molar-refractivity contribution is 6.33. The van der Waals surface area contributed by atoms with Crippen molar-refractivity contribution in [1.29, 1.82) is 0 Å².